The van der Waals surface area contributed by atoms with E-state index in [-0.39, 0.29) is 17.9 Å². The van der Waals surface area contributed by atoms with Gasteiger partial charge in [0.2, 0.25) is 11.7 Å². The Kier molecular flexibility index (Phi) is 5.94. The zero-order valence-electron chi connectivity index (χ0n) is 18.8. The van der Waals surface area contributed by atoms with E-state index in [1.807, 2.05) is 12.1 Å². The van der Waals surface area contributed by atoms with Gasteiger partial charge in [-0.15, -0.1) is 10.2 Å². The maximum atomic E-state index is 12.6. The van der Waals surface area contributed by atoms with Crippen LogP contribution in [0.4, 0.5) is 0 Å². The van der Waals surface area contributed by atoms with Crippen LogP contribution in [0.15, 0.2) is 61.9 Å². The second-order valence-electron chi connectivity index (χ2n) is 8.69. The molecule has 182 valence electrons. The van der Waals surface area contributed by atoms with E-state index in [9.17, 15) is 4.79 Å². The summed E-state index contributed by atoms with van der Waals surface area (Å²) < 4.78 is 16.9. The highest BCUT2D eigenvalue weighted by Crippen LogP contribution is 2.35. The molecule has 5 aromatic rings. The van der Waals surface area contributed by atoms with Gasteiger partial charge in [0.15, 0.2) is 5.76 Å². The predicted molar refractivity (Wildman–Crippen MR) is 132 cm³/mol. The maximum Gasteiger partial charge on any atom is 0.316 e. The van der Waals surface area contributed by atoms with E-state index in [4.69, 9.17) is 36.6 Å². The van der Waals surface area contributed by atoms with Crippen molar-refractivity contribution in [2.75, 3.05) is 0 Å². The van der Waals surface area contributed by atoms with Crippen LogP contribution in [0.1, 0.15) is 48.2 Å². The minimum absolute atomic E-state index is 0.0119. The summed E-state index contributed by atoms with van der Waals surface area (Å²) >= 11 is 12.0. The molecule has 0 bridgehead atoms. The third kappa shape index (κ3) is 4.59. The SMILES string of the molecule is O=C(NC1CCC(c2nnc(-c3cc4cc(Cl)ccc4o3)o2)CC1)c1nc(-c2ccc(Cl)cc2)no1. The maximum absolute atomic E-state index is 12.6. The van der Waals surface area contributed by atoms with Gasteiger partial charge >= 0.3 is 11.8 Å². The molecule has 3 heterocycles. The lowest BCUT2D eigenvalue weighted by molar-refractivity contribution is 0.0880. The second-order valence-corrected chi connectivity index (χ2v) is 9.56. The molecule has 1 saturated carbocycles. The molecule has 11 heteroatoms. The van der Waals surface area contributed by atoms with Gasteiger partial charge in [0.25, 0.3) is 5.89 Å². The van der Waals surface area contributed by atoms with Gasteiger partial charge in [0, 0.05) is 33.0 Å². The Morgan fingerprint density at radius 3 is 2.50 bits per heavy atom. The molecule has 9 nitrogen and oxygen atoms in total. The summed E-state index contributed by atoms with van der Waals surface area (Å²) in [7, 11) is 0. The summed E-state index contributed by atoms with van der Waals surface area (Å²) in [6, 6.07) is 14.2. The molecule has 1 aliphatic rings. The molecule has 0 atom stereocenters. The molecule has 0 saturated heterocycles. The molecule has 3 aromatic heterocycles. The summed E-state index contributed by atoms with van der Waals surface area (Å²) in [5, 5.41) is 17.4. The van der Waals surface area contributed by atoms with Crippen LogP contribution in [0.5, 0.6) is 0 Å². The number of furan rings is 1. The number of aromatic nitrogens is 4. The molecule has 1 N–H and O–H groups in total. The minimum Gasteiger partial charge on any atom is -0.451 e. The lowest BCUT2D eigenvalue weighted by Gasteiger charge is -2.26. The van der Waals surface area contributed by atoms with Gasteiger partial charge in [-0.3, -0.25) is 4.79 Å². The highest BCUT2D eigenvalue weighted by Gasteiger charge is 2.29. The van der Waals surface area contributed by atoms with E-state index in [0.29, 0.717) is 44.6 Å². The molecule has 2 aromatic carbocycles. The van der Waals surface area contributed by atoms with E-state index in [2.05, 4.69) is 25.7 Å². The first-order valence-corrected chi connectivity index (χ1v) is 12.2. The number of hydrogen-bond acceptors (Lipinski definition) is 8. The normalized spacial score (nSPS) is 17.9. The zero-order valence-corrected chi connectivity index (χ0v) is 20.3. The fourth-order valence-corrected chi connectivity index (χ4v) is 4.69. The molecule has 1 fully saturated rings. The number of nitrogens with zero attached hydrogens (tertiary/aromatic N) is 4. The van der Waals surface area contributed by atoms with Crippen LogP contribution in [0.3, 0.4) is 0 Å². The van der Waals surface area contributed by atoms with Crippen molar-refractivity contribution in [3.8, 4) is 23.0 Å². The van der Waals surface area contributed by atoms with Crippen molar-refractivity contribution < 1.29 is 18.2 Å². The van der Waals surface area contributed by atoms with Gasteiger partial charge < -0.3 is 18.7 Å². The van der Waals surface area contributed by atoms with E-state index < -0.39 is 5.91 Å². The Hall–Kier alpha value is -3.69. The predicted octanol–water partition coefficient (Wildman–Crippen LogP) is 6.30. The number of fused-ring (bicyclic) bond motifs is 1. The number of hydrogen-bond donors (Lipinski definition) is 1. The lowest BCUT2D eigenvalue weighted by Crippen LogP contribution is -2.37. The largest absolute Gasteiger partial charge is 0.451 e. The summed E-state index contributed by atoms with van der Waals surface area (Å²) in [4.78, 5) is 16.8. The Morgan fingerprint density at radius 2 is 1.69 bits per heavy atom. The first kappa shape index (κ1) is 22.8. The standard InChI is InChI=1S/C25H19Cl2N5O4/c26-16-5-1-13(2-6-16)21-29-25(36-32-21)22(33)28-18-8-3-14(4-9-18)23-30-31-24(35-23)20-12-15-11-17(27)7-10-19(15)34-20/h1-2,5-7,10-12,14,18H,3-4,8-9H2,(H,28,33). The molecule has 6 rings (SSSR count). The van der Waals surface area contributed by atoms with Gasteiger partial charge in [0.1, 0.15) is 5.58 Å². The first-order valence-electron chi connectivity index (χ1n) is 11.5. The van der Waals surface area contributed by atoms with Gasteiger partial charge in [-0.2, -0.15) is 4.98 Å². The van der Waals surface area contributed by atoms with Crippen molar-refractivity contribution in [1.82, 2.24) is 25.7 Å². The van der Waals surface area contributed by atoms with Gasteiger partial charge in [-0.25, -0.2) is 0 Å². The minimum atomic E-state index is -0.392. The smallest absolute Gasteiger partial charge is 0.316 e. The molecular weight excluding hydrogens is 505 g/mol. The van der Waals surface area contributed by atoms with Gasteiger partial charge in [-0.1, -0.05) is 28.4 Å². The highest BCUT2D eigenvalue weighted by molar-refractivity contribution is 6.31. The van der Waals surface area contributed by atoms with Crippen LogP contribution in [-0.2, 0) is 0 Å². The molecule has 1 aliphatic carbocycles. The number of benzene rings is 2. The van der Waals surface area contributed by atoms with Crippen LogP contribution in [-0.4, -0.2) is 32.3 Å². The topological polar surface area (TPSA) is 120 Å². The lowest BCUT2D eigenvalue weighted by atomic mass is 9.86. The quantitative estimate of drug-likeness (QED) is 0.285. The Balaban J connectivity index is 1.06. The van der Waals surface area contributed by atoms with Gasteiger partial charge in [-0.05, 0) is 74.2 Å². The van der Waals surface area contributed by atoms with E-state index in [1.165, 1.54) is 0 Å². The first-order chi connectivity index (χ1) is 17.5. The van der Waals surface area contributed by atoms with Crippen LogP contribution in [0.2, 0.25) is 10.0 Å². The zero-order chi connectivity index (χ0) is 24.6. The average Bonchev–Trinajstić information content (AvgIpc) is 3.64. The molecular formula is C25H19Cl2N5O4. The van der Waals surface area contributed by atoms with Crippen LogP contribution in [0, 0.1) is 0 Å². The molecule has 1 amide bonds. The van der Waals surface area contributed by atoms with Crippen molar-refractivity contribution in [1.29, 1.82) is 0 Å². The number of carbonyl (C=O) groups is 1. The van der Waals surface area contributed by atoms with Crippen molar-refractivity contribution in [3.05, 3.63) is 70.4 Å². The third-order valence-electron chi connectivity index (χ3n) is 6.26. The van der Waals surface area contributed by atoms with Crippen molar-refractivity contribution >= 4 is 40.1 Å². The number of halogens is 2. The van der Waals surface area contributed by atoms with Crippen molar-refractivity contribution in [2.24, 2.45) is 0 Å². The summed E-state index contributed by atoms with van der Waals surface area (Å²) in [5.74, 6) is 1.38. The number of rotatable bonds is 5. The van der Waals surface area contributed by atoms with Crippen molar-refractivity contribution in [2.45, 2.75) is 37.6 Å². The van der Waals surface area contributed by atoms with Gasteiger partial charge in [0.05, 0.1) is 0 Å². The fourth-order valence-electron chi connectivity index (χ4n) is 4.38. The Bertz CT molecular complexity index is 1530. The third-order valence-corrected chi connectivity index (χ3v) is 6.75. The van der Waals surface area contributed by atoms with E-state index in [0.717, 1.165) is 31.1 Å². The monoisotopic (exact) mass is 523 g/mol. The summed E-state index contributed by atoms with van der Waals surface area (Å²) in [6.45, 7) is 0. The summed E-state index contributed by atoms with van der Waals surface area (Å²) in [5.41, 5.74) is 1.42. The molecule has 0 radical (unpaired) electrons. The number of carbonyl (C=O) groups excluding carboxylic acids is 1. The molecule has 36 heavy (non-hydrogen) atoms. The van der Waals surface area contributed by atoms with E-state index in [1.54, 1.807) is 36.4 Å². The molecule has 0 spiro atoms. The second kappa shape index (κ2) is 9.40. The van der Waals surface area contributed by atoms with Crippen LogP contribution < -0.4 is 5.32 Å². The number of nitrogens with one attached hydrogen (secondary N) is 1. The number of amides is 1. The molecule has 0 aliphatic heterocycles. The highest BCUT2D eigenvalue weighted by atomic mass is 35.5. The summed E-state index contributed by atoms with van der Waals surface area (Å²) in [6.07, 6.45) is 3.11. The van der Waals surface area contributed by atoms with Crippen molar-refractivity contribution in [3.63, 3.8) is 0 Å². The van der Waals surface area contributed by atoms with Crippen LogP contribution in [0.25, 0.3) is 34.0 Å². The van der Waals surface area contributed by atoms with Crippen LogP contribution >= 0.6 is 23.2 Å². The molecule has 0 unspecified atom stereocenters. The Morgan fingerprint density at radius 1 is 0.917 bits per heavy atom. The fraction of sp³-hybridized carbons (Fsp3) is 0.240. The van der Waals surface area contributed by atoms with E-state index >= 15 is 0 Å². The Labute approximate surface area is 214 Å². The average molecular weight is 524 g/mol.